The molecule has 1 heterocycles. The number of carbonyl (C=O) groups is 2. The van der Waals surface area contributed by atoms with E-state index >= 15 is 0 Å². The zero-order chi connectivity index (χ0) is 11.7. The van der Waals surface area contributed by atoms with Gasteiger partial charge in [0.15, 0.2) is 0 Å². The minimum atomic E-state index is -0.331. The lowest BCUT2D eigenvalue weighted by Crippen LogP contribution is -2.39. The van der Waals surface area contributed by atoms with Crippen LogP contribution in [0.1, 0.15) is 18.4 Å². The minimum Gasteiger partial charge on any atom is -0.311 e. The number of hydrogen-bond acceptors (Lipinski definition) is 2. The monoisotopic (exact) mass is 221 g/mol. The van der Waals surface area contributed by atoms with Crippen molar-refractivity contribution in [2.75, 3.05) is 11.4 Å². The summed E-state index contributed by atoms with van der Waals surface area (Å²) in [5.41, 5.74) is 1.02. The second-order valence-corrected chi connectivity index (χ2v) is 3.89. The molecule has 0 radical (unpaired) electrons. The van der Waals surface area contributed by atoms with Gasteiger partial charge in [0.25, 0.3) is 0 Å². The number of amides is 1. The molecular weight excluding hydrogens is 209 g/mol. The molecule has 1 aromatic rings. The standard InChI is InChI=1S/C12H12FNO2/c1-8-10(13)3-2-4-11(8)14-6-5-9(15)7-12(14)16/h2-4H,5-7H2,1H3. The first-order chi connectivity index (χ1) is 7.59. The van der Waals surface area contributed by atoms with Gasteiger partial charge in [-0.3, -0.25) is 9.59 Å². The summed E-state index contributed by atoms with van der Waals surface area (Å²) in [7, 11) is 0. The molecule has 3 nitrogen and oxygen atoms in total. The highest BCUT2D eigenvalue weighted by atomic mass is 19.1. The number of rotatable bonds is 1. The molecule has 1 amide bonds. The summed E-state index contributed by atoms with van der Waals surface area (Å²) in [6, 6.07) is 4.63. The fraction of sp³-hybridized carbons (Fsp3) is 0.333. The Morgan fingerprint density at radius 2 is 2.06 bits per heavy atom. The van der Waals surface area contributed by atoms with Crippen molar-refractivity contribution in [3.05, 3.63) is 29.6 Å². The smallest absolute Gasteiger partial charge is 0.234 e. The van der Waals surface area contributed by atoms with Gasteiger partial charge in [0.1, 0.15) is 11.6 Å². The number of anilines is 1. The molecule has 0 aliphatic carbocycles. The van der Waals surface area contributed by atoms with E-state index in [1.165, 1.54) is 11.0 Å². The number of nitrogens with zero attached hydrogens (tertiary/aromatic N) is 1. The maximum absolute atomic E-state index is 13.3. The topological polar surface area (TPSA) is 37.4 Å². The van der Waals surface area contributed by atoms with Crippen LogP contribution in [0.4, 0.5) is 10.1 Å². The number of piperidine rings is 1. The molecule has 0 aromatic heterocycles. The second kappa shape index (κ2) is 4.04. The van der Waals surface area contributed by atoms with Crippen LogP contribution in [0.3, 0.4) is 0 Å². The van der Waals surface area contributed by atoms with Crippen LogP contribution < -0.4 is 4.90 Å². The predicted molar refractivity (Wildman–Crippen MR) is 57.7 cm³/mol. The molecule has 1 fully saturated rings. The maximum atomic E-state index is 13.3. The Morgan fingerprint density at radius 1 is 1.31 bits per heavy atom. The van der Waals surface area contributed by atoms with E-state index in [0.717, 1.165) is 0 Å². The van der Waals surface area contributed by atoms with Crippen molar-refractivity contribution in [1.82, 2.24) is 0 Å². The fourth-order valence-electron chi connectivity index (χ4n) is 1.86. The van der Waals surface area contributed by atoms with Crippen LogP contribution in [-0.2, 0) is 9.59 Å². The van der Waals surface area contributed by atoms with Crippen molar-refractivity contribution in [3.63, 3.8) is 0 Å². The van der Waals surface area contributed by atoms with Crippen LogP contribution in [-0.4, -0.2) is 18.2 Å². The highest BCUT2D eigenvalue weighted by Gasteiger charge is 2.26. The van der Waals surface area contributed by atoms with Crippen molar-refractivity contribution in [3.8, 4) is 0 Å². The van der Waals surface area contributed by atoms with Gasteiger partial charge in [-0.1, -0.05) is 6.07 Å². The van der Waals surface area contributed by atoms with Crippen LogP contribution in [0.2, 0.25) is 0 Å². The van der Waals surface area contributed by atoms with Crippen LogP contribution in [0.15, 0.2) is 18.2 Å². The van der Waals surface area contributed by atoms with Gasteiger partial charge in [0.05, 0.1) is 6.42 Å². The lowest BCUT2D eigenvalue weighted by Gasteiger charge is -2.27. The quantitative estimate of drug-likeness (QED) is 0.678. The Kier molecular flexibility index (Phi) is 2.73. The highest BCUT2D eigenvalue weighted by molar-refractivity contribution is 6.08. The van der Waals surface area contributed by atoms with E-state index in [9.17, 15) is 14.0 Å². The molecule has 0 N–H and O–H groups in total. The minimum absolute atomic E-state index is 0.0460. The third kappa shape index (κ3) is 1.83. The van der Waals surface area contributed by atoms with Gasteiger partial charge in [0.2, 0.25) is 5.91 Å². The van der Waals surface area contributed by atoms with E-state index in [1.54, 1.807) is 19.1 Å². The van der Waals surface area contributed by atoms with Gasteiger partial charge in [-0.2, -0.15) is 0 Å². The molecule has 1 aromatic carbocycles. The number of hydrogen-bond donors (Lipinski definition) is 0. The first-order valence-corrected chi connectivity index (χ1v) is 5.17. The Hall–Kier alpha value is -1.71. The number of carbonyl (C=O) groups excluding carboxylic acids is 2. The second-order valence-electron chi connectivity index (χ2n) is 3.89. The van der Waals surface area contributed by atoms with E-state index < -0.39 is 0 Å². The zero-order valence-corrected chi connectivity index (χ0v) is 9.00. The molecule has 0 bridgehead atoms. The average molecular weight is 221 g/mol. The summed E-state index contributed by atoms with van der Waals surface area (Å²) in [6.45, 7) is 1.98. The predicted octanol–water partition coefficient (Wildman–Crippen LogP) is 1.83. The Labute approximate surface area is 92.9 Å². The van der Waals surface area contributed by atoms with Crippen LogP contribution in [0.25, 0.3) is 0 Å². The van der Waals surface area contributed by atoms with Gasteiger partial charge in [-0.25, -0.2) is 4.39 Å². The molecule has 1 aliphatic heterocycles. The molecule has 1 saturated heterocycles. The molecule has 2 rings (SSSR count). The van der Waals surface area contributed by atoms with Gasteiger partial charge in [-0.05, 0) is 19.1 Å². The summed E-state index contributed by atoms with van der Waals surface area (Å²) >= 11 is 0. The highest BCUT2D eigenvalue weighted by Crippen LogP contribution is 2.25. The third-order valence-corrected chi connectivity index (χ3v) is 2.79. The molecule has 0 spiro atoms. The molecular formula is C12H12FNO2. The lowest BCUT2D eigenvalue weighted by molar-refractivity contribution is -0.128. The van der Waals surface area contributed by atoms with Crippen molar-refractivity contribution < 1.29 is 14.0 Å². The molecule has 84 valence electrons. The normalized spacial score (nSPS) is 16.8. The maximum Gasteiger partial charge on any atom is 0.234 e. The third-order valence-electron chi connectivity index (χ3n) is 2.79. The summed E-state index contributed by atoms with van der Waals surface area (Å²) < 4.78 is 13.3. The van der Waals surface area contributed by atoms with E-state index in [-0.39, 0.29) is 23.9 Å². The van der Waals surface area contributed by atoms with Crippen LogP contribution in [0.5, 0.6) is 0 Å². The SMILES string of the molecule is Cc1c(F)cccc1N1CCC(=O)CC1=O. The van der Waals surface area contributed by atoms with E-state index in [0.29, 0.717) is 24.2 Å². The first-order valence-electron chi connectivity index (χ1n) is 5.17. The van der Waals surface area contributed by atoms with Gasteiger partial charge < -0.3 is 4.90 Å². The summed E-state index contributed by atoms with van der Waals surface area (Å²) in [5.74, 6) is -0.623. The van der Waals surface area contributed by atoms with Gasteiger partial charge in [0, 0.05) is 24.2 Å². The van der Waals surface area contributed by atoms with Crippen molar-refractivity contribution in [1.29, 1.82) is 0 Å². The van der Waals surface area contributed by atoms with Gasteiger partial charge in [-0.15, -0.1) is 0 Å². The molecule has 0 saturated carbocycles. The number of ketones is 1. The Balaban J connectivity index is 2.34. The molecule has 0 unspecified atom stereocenters. The van der Waals surface area contributed by atoms with E-state index in [4.69, 9.17) is 0 Å². The lowest BCUT2D eigenvalue weighted by atomic mass is 10.1. The van der Waals surface area contributed by atoms with E-state index in [2.05, 4.69) is 0 Å². The van der Waals surface area contributed by atoms with Crippen LogP contribution in [0, 0.1) is 12.7 Å². The fourth-order valence-corrected chi connectivity index (χ4v) is 1.86. The Morgan fingerprint density at radius 3 is 2.75 bits per heavy atom. The van der Waals surface area contributed by atoms with Crippen molar-refractivity contribution >= 4 is 17.4 Å². The first kappa shape index (κ1) is 10.8. The number of benzene rings is 1. The Bertz CT molecular complexity index is 456. The largest absolute Gasteiger partial charge is 0.311 e. The molecule has 1 aliphatic rings. The van der Waals surface area contributed by atoms with Crippen molar-refractivity contribution in [2.45, 2.75) is 19.8 Å². The average Bonchev–Trinajstić information content (AvgIpc) is 2.23. The number of Topliss-reactive ketones (excluding diaryl/α,β-unsaturated/α-hetero) is 1. The number of halogens is 1. The summed E-state index contributed by atoms with van der Waals surface area (Å²) in [4.78, 5) is 24.2. The van der Waals surface area contributed by atoms with Crippen molar-refractivity contribution in [2.24, 2.45) is 0 Å². The molecule has 0 atom stereocenters. The summed E-state index contributed by atoms with van der Waals surface area (Å²) in [5, 5.41) is 0. The van der Waals surface area contributed by atoms with Crippen LogP contribution >= 0.6 is 0 Å². The molecule has 4 heteroatoms. The zero-order valence-electron chi connectivity index (χ0n) is 9.00. The summed E-state index contributed by atoms with van der Waals surface area (Å²) in [6.07, 6.45) is 0.275. The van der Waals surface area contributed by atoms with E-state index in [1.807, 2.05) is 0 Å². The molecule has 16 heavy (non-hydrogen) atoms. The van der Waals surface area contributed by atoms with Gasteiger partial charge >= 0.3 is 0 Å².